The van der Waals surface area contributed by atoms with Crippen molar-refractivity contribution in [1.29, 1.82) is 0 Å². The minimum Gasteiger partial charge on any atom is -0.489 e. The molecule has 0 atom stereocenters. The predicted octanol–water partition coefficient (Wildman–Crippen LogP) is 6.62. The number of hydrogen-bond acceptors (Lipinski definition) is 6. The Hall–Kier alpha value is -3.43. The third kappa shape index (κ3) is 5.84. The van der Waals surface area contributed by atoms with Gasteiger partial charge in [0.15, 0.2) is 0 Å². The molecule has 9 heteroatoms. The number of carbonyl (C=O) groups is 1. The lowest BCUT2D eigenvalue weighted by molar-refractivity contribution is -0.122. The van der Waals surface area contributed by atoms with Gasteiger partial charge in [-0.15, -0.1) is 0 Å². The molecular formula is C29H24ClN3O3S2. The van der Waals surface area contributed by atoms with E-state index in [1.54, 1.807) is 12.0 Å². The Kier molecular flexibility index (Phi) is 8.24. The summed E-state index contributed by atoms with van der Waals surface area (Å²) in [4.78, 5) is 15.2. The maximum atomic E-state index is 13.0. The average molecular weight is 562 g/mol. The van der Waals surface area contributed by atoms with Gasteiger partial charge in [0, 0.05) is 35.0 Å². The van der Waals surface area contributed by atoms with E-state index >= 15 is 0 Å². The van der Waals surface area contributed by atoms with E-state index in [0.717, 1.165) is 33.8 Å². The standard InChI is InChI=1S/C29H24ClN3O3S2/c1-35-16-15-32-28(34)26(38-29(32)37)17-22-18-33(23-8-3-2-4-9-23)31-27(22)20-11-13-24(14-12-20)36-19-21-7-5-6-10-25(21)30/h2-14,17-18H,15-16,19H2,1H3. The first-order valence-corrected chi connectivity index (χ1v) is 13.5. The molecule has 0 spiro atoms. The third-order valence-electron chi connectivity index (χ3n) is 5.92. The Balaban J connectivity index is 1.44. The highest BCUT2D eigenvalue weighted by atomic mass is 35.5. The molecule has 38 heavy (non-hydrogen) atoms. The van der Waals surface area contributed by atoms with Crippen LogP contribution in [0, 0.1) is 0 Å². The van der Waals surface area contributed by atoms with Crippen LogP contribution in [-0.4, -0.2) is 45.2 Å². The van der Waals surface area contributed by atoms with E-state index in [4.69, 9.17) is 38.4 Å². The number of carbonyl (C=O) groups excluding carboxylic acids is 1. The summed E-state index contributed by atoms with van der Waals surface area (Å²) in [6.07, 6.45) is 3.78. The number of benzene rings is 3. The van der Waals surface area contributed by atoms with Crippen LogP contribution in [-0.2, 0) is 16.1 Å². The first-order valence-electron chi connectivity index (χ1n) is 11.9. The summed E-state index contributed by atoms with van der Waals surface area (Å²) in [5, 5.41) is 5.54. The smallest absolute Gasteiger partial charge is 0.266 e. The number of ether oxygens (including phenoxy) is 2. The Morgan fingerprint density at radius 1 is 1.03 bits per heavy atom. The van der Waals surface area contributed by atoms with Crippen LogP contribution >= 0.6 is 35.6 Å². The molecule has 1 fully saturated rings. The van der Waals surface area contributed by atoms with Gasteiger partial charge >= 0.3 is 0 Å². The Morgan fingerprint density at radius 3 is 2.50 bits per heavy atom. The molecule has 5 rings (SSSR count). The van der Waals surface area contributed by atoms with Gasteiger partial charge < -0.3 is 9.47 Å². The Labute approximate surface area is 235 Å². The summed E-state index contributed by atoms with van der Waals surface area (Å²) in [6.45, 7) is 1.21. The summed E-state index contributed by atoms with van der Waals surface area (Å²) in [7, 11) is 1.60. The first-order chi connectivity index (χ1) is 18.5. The normalized spacial score (nSPS) is 14.5. The molecule has 1 amide bonds. The fourth-order valence-corrected chi connectivity index (χ4v) is 5.42. The van der Waals surface area contributed by atoms with Gasteiger partial charge in [0.1, 0.15) is 16.7 Å². The summed E-state index contributed by atoms with van der Waals surface area (Å²) >= 11 is 13.0. The van der Waals surface area contributed by atoms with Crippen molar-refractivity contribution in [3.05, 3.63) is 106 Å². The zero-order chi connectivity index (χ0) is 26.5. The minimum absolute atomic E-state index is 0.126. The van der Waals surface area contributed by atoms with Gasteiger partial charge in [-0.2, -0.15) is 5.10 Å². The molecule has 1 aliphatic heterocycles. The lowest BCUT2D eigenvalue weighted by Gasteiger charge is -2.12. The van der Waals surface area contributed by atoms with Crippen LogP contribution in [0.15, 0.2) is 90.0 Å². The van der Waals surface area contributed by atoms with Crippen molar-refractivity contribution >= 4 is 51.9 Å². The number of thioether (sulfide) groups is 1. The average Bonchev–Trinajstić information content (AvgIpc) is 3.48. The van der Waals surface area contributed by atoms with Gasteiger partial charge in [-0.05, 0) is 48.5 Å². The van der Waals surface area contributed by atoms with Gasteiger partial charge in [-0.3, -0.25) is 9.69 Å². The fraction of sp³-hybridized carbons (Fsp3) is 0.138. The Morgan fingerprint density at radius 2 is 1.76 bits per heavy atom. The van der Waals surface area contributed by atoms with Gasteiger partial charge in [0.2, 0.25) is 0 Å². The van der Waals surface area contributed by atoms with E-state index in [9.17, 15) is 4.79 Å². The largest absolute Gasteiger partial charge is 0.489 e. The van der Waals surface area contributed by atoms with E-state index in [2.05, 4.69) is 0 Å². The number of para-hydroxylation sites is 1. The van der Waals surface area contributed by atoms with Gasteiger partial charge in [-0.1, -0.05) is 72.0 Å². The molecule has 0 N–H and O–H groups in total. The number of halogens is 1. The summed E-state index contributed by atoms with van der Waals surface area (Å²) in [5.41, 5.74) is 4.29. The quantitative estimate of drug-likeness (QED) is 0.169. The SMILES string of the molecule is COCCN1C(=O)C(=Cc2cn(-c3ccccc3)nc2-c2ccc(OCc3ccccc3Cl)cc2)SC1=S. The Bertz CT molecular complexity index is 1490. The summed E-state index contributed by atoms with van der Waals surface area (Å²) in [5.74, 6) is 0.593. The zero-order valence-electron chi connectivity index (χ0n) is 20.5. The van der Waals surface area contributed by atoms with E-state index < -0.39 is 0 Å². The number of rotatable bonds is 9. The number of nitrogens with zero attached hydrogens (tertiary/aromatic N) is 3. The molecule has 3 aromatic carbocycles. The molecule has 6 nitrogen and oxygen atoms in total. The van der Waals surface area contributed by atoms with Gasteiger partial charge in [0.05, 0.1) is 29.4 Å². The van der Waals surface area contributed by atoms with E-state index in [0.29, 0.717) is 34.0 Å². The minimum atomic E-state index is -0.126. The number of thiocarbonyl (C=S) groups is 1. The summed E-state index contributed by atoms with van der Waals surface area (Å²) in [6, 6.07) is 25.2. The second-order valence-electron chi connectivity index (χ2n) is 8.44. The van der Waals surface area contributed by atoms with Gasteiger partial charge in [0.25, 0.3) is 5.91 Å². The fourth-order valence-electron chi connectivity index (χ4n) is 3.93. The zero-order valence-corrected chi connectivity index (χ0v) is 22.9. The molecule has 2 heterocycles. The third-order valence-corrected chi connectivity index (χ3v) is 7.67. The highest BCUT2D eigenvalue weighted by molar-refractivity contribution is 8.26. The summed E-state index contributed by atoms with van der Waals surface area (Å²) < 4.78 is 13.4. The van der Waals surface area contributed by atoms with Crippen LogP contribution in [0.3, 0.4) is 0 Å². The second kappa shape index (κ2) is 12.0. The lowest BCUT2D eigenvalue weighted by atomic mass is 10.1. The topological polar surface area (TPSA) is 56.6 Å². The van der Waals surface area contributed by atoms with Crippen LogP contribution in [0.25, 0.3) is 23.0 Å². The molecule has 0 unspecified atom stereocenters. The molecular weight excluding hydrogens is 538 g/mol. The van der Waals surface area contributed by atoms with Crippen LogP contribution in [0.1, 0.15) is 11.1 Å². The molecule has 0 radical (unpaired) electrons. The van der Waals surface area contributed by atoms with E-state index in [-0.39, 0.29) is 5.91 Å². The second-order valence-corrected chi connectivity index (χ2v) is 10.5. The van der Waals surface area contributed by atoms with E-state index in [1.807, 2.05) is 95.8 Å². The van der Waals surface area contributed by atoms with Crippen LogP contribution in [0.2, 0.25) is 5.02 Å². The first kappa shape index (κ1) is 26.2. The number of amides is 1. The lowest BCUT2D eigenvalue weighted by Crippen LogP contribution is -2.31. The van der Waals surface area contributed by atoms with Crippen LogP contribution in [0.4, 0.5) is 0 Å². The molecule has 0 saturated carbocycles. The highest BCUT2D eigenvalue weighted by Gasteiger charge is 2.32. The maximum absolute atomic E-state index is 13.0. The van der Waals surface area contributed by atoms with Crippen molar-refractivity contribution in [3.8, 4) is 22.7 Å². The van der Waals surface area contributed by atoms with Crippen LogP contribution in [0.5, 0.6) is 5.75 Å². The highest BCUT2D eigenvalue weighted by Crippen LogP contribution is 2.35. The molecule has 0 aliphatic carbocycles. The van der Waals surface area contributed by atoms with Crippen LogP contribution < -0.4 is 4.74 Å². The molecule has 1 aromatic heterocycles. The number of methoxy groups -OCH3 is 1. The molecule has 4 aromatic rings. The van der Waals surface area contributed by atoms with Crippen molar-refractivity contribution in [3.63, 3.8) is 0 Å². The number of hydrogen-bond donors (Lipinski definition) is 0. The van der Waals surface area contributed by atoms with Gasteiger partial charge in [-0.25, -0.2) is 4.68 Å². The molecule has 1 saturated heterocycles. The van der Waals surface area contributed by atoms with Crippen molar-refractivity contribution in [1.82, 2.24) is 14.7 Å². The molecule has 1 aliphatic rings. The van der Waals surface area contributed by atoms with Crippen molar-refractivity contribution < 1.29 is 14.3 Å². The van der Waals surface area contributed by atoms with Crippen molar-refractivity contribution in [2.75, 3.05) is 20.3 Å². The van der Waals surface area contributed by atoms with E-state index in [1.165, 1.54) is 11.8 Å². The monoisotopic (exact) mass is 561 g/mol. The van der Waals surface area contributed by atoms with Crippen molar-refractivity contribution in [2.24, 2.45) is 0 Å². The maximum Gasteiger partial charge on any atom is 0.266 e. The number of aromatic nitrogens is 2. The van der Waals surface area contributed by atoms with Crippen molar-refractivity contribution in [2.45, 2.75) is 6.61 Å². The predicted molar refractivity (Wildman–Crippen MR) is 157 cm³/mol. The molecule has 192 valence electrons. The molecule has 0 bridgehead atoms.